The summed E-state index contributed by atoms with van der Waals surface area (Å²) in [5.41, 5.74) is 0. The fraction of sp³-hybridized carbons (Fsp3) is 1.00. The van der Waals surface area contributed by atoms with Crippen LogP contribution in [0, 0.1) is 0 Å². The van der Waals surface area contributed by atoms with Gasteiger partial charge in [0.15, 0.2) is 5.79 Å². The number of aliphatic hydroxyl groups excluding tert-OH is 1. The van der Waals surface area contributed by atoms with Crippen LogP contribution in [0.4, 0.5) is 0 Å². The third-order valence-electron chi connectivity index (χ3n) is 2.71. The van der Waals surface area contributed by atoms with Gasteiger partial charge in [-0.25, -0.2) is 0 Å². The van der Waals surface area contributed by atoms with Crippen LogP contribution in [0.5, 0.6) is 0 Å². The van der Waals surface area contributed by atoms with Crippen molar-refractivity contribution in [3.05, 3.63) is 0 Å². The third-order valence-corrected chi connectivity index (χ3v) is 2.71. The molecular weight excluding hydrogens is 156 g/mol. The number of ether oxygens (including phenoxy) is 2. The van der Waals surface area contributed by atoms with Crippen molar-refractivity contribution in [3.8, 4) is 0 Å². The summed E-state index contributed by atoms with van der Waals surface area (Å²) in [6.45, 7) is 1.37. The van der Waals surface area contributed by atoms with E-state index in [1.54, 1.807) is 0 Å². The maximum Gasteiger partial charge on any atom is 0.170 e. The summed E-state index contributed by atoms with van der Waals surface area (Å²) in [7, 11) is 0. The fourth-order valence-electron chi connectivity index (χ4n) is 2.10. The minimum Gasteiger partial charge on any atom is -0.393 e. The molecule has 1 aliphatic carbocycles. The first-order chi connectivity index (χ1) is 5.81. The Balaban J connectivity index is 2.02. The summed E-state index contributed by atoms with van der Waals surface area (Å²) in [4.78, 5) is 0. The van der Waals surface area contributed by atoms with Crippen LogP contribution in [0.25, 0.3) is 0 Å². The van der Waals surface area contributed by atoms with Crippen LogP contribution in [-0.4, -0.2) is 30.2 Å². The lowest BCUT2D eigenvalue weighted by Crippen LogP contribution is -2.32. The van der Waals surface area contributed by atoms with Gasteiger partial charge in [-0.15, -0.1) is 0 Å². The predicted molar refractivity (Wildman–Crippen MR) is 43.7 cm³/mol. The van der Waals surface area contributed by atoms with Crippen molar-refractivity contribution >= 4 is 0 Å². The van der Waals surface area contributed by atoms with E-state index in [4.69, 9.17) is 9.47 Å². The van der Waals surface area contributed by atoms with Crippen molar-refractivity contribution in [3.63, 3.8) is 0 Å². The van der Waals surface area contributed by atoms with Gasteiger partial charge in [0.2, 0.25) is 0 Å². The van der Waals surface area contributed by atoms with Gasteiger partial charge in [-0.1, -0.05) is 6.42 Å². The Hall–Kier alpha value is -0.120. The third kappa shape index (κ3) is 1.63. The molecule has 1 atom stereocenters. The highest BCUT2D eigenvalue weighted by atomic mass is 16.7. The zero-order valence-corrected chi connectivity index (χ0v) is 7.29. The fourth-order valence-corrected chi connectivity index (χ4v) is 2.10. The maximum absolute atomic E-state index is 9.55. The summed E-state index contributed by atoms with van der Waals surface area (Å²) in [5.74, 6) is -0.421. The maximum atomic E-state index is 9.55. The molecule has 1 saturated carbocycles. The minimum atomic E-state index is -0.421. The SMILES string of the molecule is O[C@H]1CCCCC2(C1)OCCO2. The molecule has 1 N–H and O–H groups in total. The lowest BCUT2D eigenvalue weighted by atomic mass is 10.1. The molecule has 0 bridgehead atoms. The predicted octanol–water partition coefficient (Wildman–Crippen LogP) is 1.05. The van der Waals surface area contributed by atoms with Crippen LogP contribution in [0.15, 0.2) is 0 Å². The van der Waals surface area contributed by atoms with Crippen LogP contribution in [0.2, 0.25) is 0 Å². The molecule has 0 unspecified atom stereocenters. The van der Waals surface area contributed by atoms with Gasteiger partial charge in [0.1, 0.15) is 0 Å². The average molecular weight is 172 g/mol. The van der Waals surface area contributed by atoms with Crippen LogP contribution >= 0.6 is 0 Å². The average Bonchev–Trinajstić information content (AvgIpc) is 2.39. The molecule has 3 heteroatoms. The number of hydrogen-bond acceptors (Lipinski definition) is 3. The first kappa shape index (κ1) is 8.48. The second-order valence-corrected chi connectivity index (χ2v) is 3.71. The molecule has 70 valence electrons. The number of rotatable bonds is 0. The van der Waals surface area contributed by atoms with Crippen LogP contribution in [-0.2, 0) is 9.47 Å². The highest BCUT2D eigenvalue weighted by Crippen LogP contribution is 2.34. The minimum absolute atomic E-state index is 0.231. The van der Waals surface area contributed by atoms with E-state index in [1.807, 2.05) is 0 Å². The summed E-state index contributed by atoms with van der Waals surface area (Å²) < 4.78 is 11.1. The summed E-state index contributed by atoms with van der Waals surface area (Å²) in [5, 5.41) is 9.55. The van der Waals surface area contributed by atoms with Crippen molar-refractivity contribution in [2.45, 2.75) is 44.0 Å². The summed E-state index contributed by atoms with van der Waals surface area (Å²) >= 11 is 0. The van der Waals surface area contributed by atoms with Gasteiger partial charge in [-0.2, -0.15) is 0 Å². The highest BCUT2D eigenvalue weighted by Gasteiger charge is 2.39. The molecule has 0 aromatic carbocycles. The van der Waals surface area contributed by atoms with Crippen molar-refractivity contribution in [2.75, 3.05) is 13.2 Å². The molecule has 12 heavy (non-hydrogen) atoms. The molecule has 2 aliphatic rings. The van der Waals surface area contributed by atoms with Crippen LogP contribution in [0.3, 0.4) is 0 Å². The lowest BCUT2D eigenvalue weighted by Gasteiger charge is -2.26. The summed E-state index contributed by atoms with van der Waals surface area (Å²) in [6, 6.07) is 0. The van der Waals surface area contributed by atoms with Crippen molar-refractivity contribution in [1.82, 2.24) is 0 Å². The van der Waals surface area contributed by atoms with Gasteiger partial charge in [0.05, 0.1) is 19.3 Å². The van der Waals surface area contributed by atoms with Crippen molar-refractivity contribution in [2.24, 2.45) is 0 Å². The van der Waals surface area contributed by atoms with Gasteiger partial charge in [-0.3, -0.25) is 0 Å². The lowest BCUT2D eigenvalue weighted by molar-refractivity contribution is -0.177. The highest BCUT2D eigenvalue weighted by molar-refractivity contribution is 4.81. The summed E-state index contributed by atoms with van der Waals surface area (Å²) in [6.07, 6.45) is 4.48. The van der Waals surface area contributed by atoms with E-state index in [0.29, 0.717) is 19.6 Å². The Bertz CT molecular complexity index is 152. The van der Waals surface area contributed by atoms with Gasteiger partial charge in [0, 0.05) is 12.8 Å². The molecule has 1 saturated heterocycles. The largest absolute Gasteiger partial charge is 0.393 e. The molecule has 2 fully saturated rings. The van der Waals surface area contributed by atoms with Crippen LogP contribution in [0.1, 0.15) is 32.1 Å². The Morgan fingerprint density at radius 1 is 1.17 bits per heavy atom. The molecule has 1 aliphatic heterocycles. The standard InChI is InChI=1S/C9H16O3/c10-8-3-1-2-4-9(7-8)11-5-6-12-9/h8,10H,1-7H2/t8-/m0/s1. The second kappa shape index (κ2) is 3.32. The quantitative estimate of drug-likeness (QED) is 0.593. The molecule has 1 spiro atoms. The first-order valence-electron chi connectivity index (χ1n) is 4.77. The smallest absolute Gasteiger partial charge is 0.170 e. The van der Waals surface area contributed by atoms with Crippen molar-refractivity contribution < 1.29 is 14.6 Å². The normalized spacial score (nSPS) is 35.2. The first-order valence-corrected chi connectivity index (χ1v) is 4.77. The zero-order chi connectivity index (χ0) is 8.44. The topological polar surface area (TPSA) is 38.7 Å². The van der Waals surface area contributed by atoms with Crippen molar-refractivity contribution in [1.29, 1.82) is 0 Å². The van der Waals surface area contributed by atoms with E-state index in [1.165, 1.54) is 0 Å². The Morgan fingerprint density at radius 3 is 2.67 bits per heavy atom. The van der Waals surface area contributed by atoms with E-state index in [9.17, 15) is 5.11 Å². The van der Waals surface area contributed by atoms with E-state index in [2.05, 4.69) is 0 Å². The van der Waals surface area contributed by atoms with E-state index < -0.39 is 5.79 Å². The van der Waals surface area contributed by atoms with Crippen LogP contribution < -0.4 is 0 Å². The van der Waals surface area contributed by atoms with Gasteiger partial charge < -0.3 is 14.6 Å². The molecule has 0 amide bonds. The Kier molecular flexibility index (Phi) is 2.35. The second-order valence-electron chi connectivity index (χ2n) is 3.71. The number of hydrogen-bond donors (Lipinski definition) is 1. The monoisotopic (exact) mass is 172 g/mol. The van der Waals surface area contributed by atoms with Gasteiger partial charge in [-0.05, 0) is 12.8 Å². The van der Waals surface area contributed by atoms with Gasteiger partial charge >= 0.3 is 0 Å². The molecule has 0 aromatic rings. The Morgan fingerprint density at radius 2 is 1.92 bits per heavy atom. The molecule has 2 rings (SSSR count). The molecule has 0 radical (unpaired) electrons. The van der Waals surface area contributed by atoms with E-state index >= 15 is 0 Å². The molecule has 3 nitrogen and oxygen atoms in total. The van der Waals surface area contributed by atoms with E-state index in [-0.39, 0.29) is 6.10 Å². The van der Waals surface area contributed by atoms with Gasteiger partial charge in [0.25, 0.3) is 0 Å². The molecular formula is C9H16O3. The molecule has 1 heterocycles. The van der Waals surface area contributed by atoms with E-state index in [0.717, 1.165) is 25.7 Å². The zero-order valence-electron chi connectivity index (χ0n) is 7.29. The Labute approximate surface area is 72.7 Å². The number of aliphatic hydroxyl groups is 1. The molecule has 0 aromatic heterocycles.